The molecule has 0 heterocycles. The average Bonchev–Trinajstić information content (AvgIpc) is 2.57. The molecule has 1 N–H and O–H groups in total. The number of hydrogen-bond donors (Lipinski definition) is 1. The van der Waals surface area contributed by atoms with E-state index in [2.05, 4.69) is 5.32 Å². The molecule has 0 bridgehead atoms. The van der Waals surface area contributed by atoms with Gasteiger partial charge in [-0.2, -0.15) is 4.31 Å². The number of ether oxygens (including phenoxy) is 1. The van der Waals surface area contributed by atoms with Gasteiger partial charge in [-0.25, -0.2) is 12.8 Å². The summed E-state index contributed by atoms with van der Waals surface area (Å²) in [4.78, 5) is 23.0. The summed E-state index contributed by atoms with van der Waals surface area (Å²) in [6, 6.07) is 4.25. The van der Waals surface area contributed by atoms with Crippen LogP contribution in [0.2, 0.25) is 0 Å². The Labute approximate surface area is 147 Å². The highest BCUT2D eigenvalue weighted by molar-refractivity contribution is 7.89. The maximum Gasteiger partial charge on any atom is 0.321 e. The van der Waals surface area contributed by atoms with Gasteiger partial charge in [-0.1, -0.05) is 19.8 Å². The van der Waals surface area contributed by atoms with Crippen molar-refractivity contribution in [1.29, 1.82) is 0 Å². The number of nitrogens with zero attached hydrogens (tertiary/aromatic N) is 1. The Balaban J connectivity index is 2.45. The van der Waals surface area contributed by atoms with E-state index >= 15 is 0 Å². The van der Waals surface area contributed by atoms with Crippen LogP contribution in [0, 0.1) is 5.82 Å². The maximum atomic E-state index is 12.9. The number of carbonyl (C=O) groups excluding carboxylic acids is 2. The van der Waals surface area contributed by atoms with Gasteiger partial charge in [0.2, 0.25) is 10.0 Å². The Morgan fingerprint density at radius 1 is 1.20 bits per heavy atom. The lowest BCUT2D eigenvalue weighted by molar-refractivity contribution is -0.148. The van der Waals surface area contributed by atoms with E-state index in [1.807, 2.05) is 6.92 Å². The van der Waals surface area contributed by atoms with Crippen molar-refractivity contribution in [3.8, 4) is 0 Å². The molecule has 0 unspecified atom stereocenters. The lowest BCUT2D eigenvalue weighted by Crippen LogP contribution is -2.35. The predicted molar refractivity (Wildman–Crippen MR) is 89.7 cm³/mol. The third-order valence-corrected chi connectivity index (χ3v) is 5.16. The minimum atomic E-state index is -3.94. The summed E-state index contributed by atoms with van der Waals surface area (Å²) in [5, 5.41) is 2.60. The highest BCUT2D eigenvalue weighted by Gasteiger charge is 2.23. The van der Waals surface area contributed by atoms with Gasteiger partial charge in [0.15, 0.2) is 6.61 Å². The van der Waals surface area contributed by atoms with Gasteiger partial charge in [0.05, 0.1) is 4.90 Å². The molecule has 0 fully saturated rings. The van der Waals surface area contributed by atoms with Crippen molar-refractivity contribution in [1.82, 2.24) is 9.62 Å². The summed E-state index contributed by atoms with van der Waals surface area (Å²) in [5.41, 5.74) is 0. The third kappa shape index (κ3) is 7.18. The molecule has 1 amide bonds. The normalized spacial score (nSPS) is 11.4. The van der Waals surface area contributed by atoms with Crippen molar-refractivity contribution in [2.24, 2.45) is 0 Å². The molecule has 7 nitrogen and oxygen atoms in total. The van der Waals surface area contributed by atoms with Gasteiger partial charge >= 0.3 is 5.97 Å². The van der Waals surface area contributed by atoms with Crippen molar-refractivity contribution in [2.45, 2.75) is 31.1 Å². The number of hydrogen-bond acceptors (Lipinski definition) is 5. The van der Waals surface area contributed by atoms with Crippen molar-refractivity contribution >= 4 is 21.9 Å². The summed E-state index contributed by atoms with van der Waals surface area (Å²) < 4.78 is 42.9. The first-order chi connectivity index (χ1) is 11.8. The molecule has 0 saturated heterocycles. The molecule has 1 rings (SSSR count). The van der Waals surface area contributed by atoms with E-state index < -0.39 is 40.9 Å². The van der Waals surface area contributed by atoms with Gasteiger partial charge in [-0.3, -0.25) is 9.59 Å². The van der Waals surface area contributed by atoms with Crippen LogP contribution in [0.5, 0.6) is 0 Å². The summed E-state index contributed by atoms with van der Waals surface area (Å²) in [6.45, 7) is 1.53. The summed E-state index contributed by atoms with van der Waals surface area (Å²) in [7, 11) is -2.75. The topological polar surface area (TPSA) is 92.8 Å². The standard InChI is InChI=1S/C16H23FN2O5S/c1-3-4-5-10-18-15(20)12-24-16(21)11-19(2)25(22,23)14-8-6-13(17)7-9-14/h6-9H,3-5,10-12H2,1-2H3,(H,18,20). The molecule has 0 radical (unpaired) electrons. The van der Waals surface area contributed by atoms with Crippen LogP contribution in [0.15, 0.2) is 29.2 Å². The zero-order valence-corrected chi connectivity index (χ0v) is 15.1. The zero-order valence-electron chi connectivity index (χ0n) is 14.3. The van der Waals surface area contributed by atoms with Gasteiger partial charge < -0.3 is 10.1 Å². The first kappa shape index (κ1) is 21.0. The van der Waals surface area contributed by atoms with E-state index in [-0.39, 0.29) is 4.90 Å². The number of unbranched alkanes of at least 4 members (excludes halogenated alkanes) is 2. The number of benzene rings is 1. The lowest BCUT2D eigenvalue weighted by Gasteiger charge is -2.16. The predicted octanol–water partition coefficient (Wildman–Crippen LogP) is 1.30. The molecular weight excluding hydrogens is 351 g/mol. The monoisotopic (exact) mass is 374 g/mol. The van der Waals surface area contributed by atoms with Crippen molar-refractivity contribution < 1.29 is 27.1 Å². The van der Waals surface area contributed by atoms with Gasteiger partial charge in [0.1, 0.15) is 12.4 Å². The second-order valence-corrected chi connectivity index (χ2v) is 7.48. The summed E-state index contributed by atoms with van der Waals surface area (Å²) in [6.07, 6.45) is 2.86. The largest absolute Gasteiger partial charge is 0.455 e. The number of sulfonamides is 1. The van der Waals surface area contributed by atoms with E-state index in [0.29, 0.717) is 6.54 Å². The molecule has 25 heavy (non-hydrogen) atoms. The van der Waals surface area contributed by atoms with Gasteiger partial charge in [-0.05, 0) is 30.7 Å². The zero-order chi connectivity index (χ0) is 18.9. The van der Waals surface area contributed by atoms with E-state index in [4.69, 9.17) is 4.74 Å². The molecule has 0 atom stereocenters. The number of rotatable bonds is 10. The van der Waals surface area contributed by atoms with Gasteiger partial charge in [0, 0.05) is 13.6 Å². The first-order valence-corrected chi connectivity index (χ1v) is 9.35. The van der Waals surface area contributed by atoms with Gasteiger partial charge in [-0.15, -0.1) is 0 Å². The number of esters is 1. The SMILES string of the molecule is CCCCCNC(=O)COC(=O)CN(C)S(=O)(=O)c1ccc(F)cc1. The van der Waals surface area contributed by atoms with Crippen LogP contribution in [0.3, 0.4) is 0 Å². The minimum Gasteiger partial charge on any atom is -0.455 e. The average molecular weight is 374 g/mol. The molecule has 1 aromatic carbocycles. The third-order valence-electron chi connectivity index (χ3n) is 3.34. The van der Waals surface area contributed by atoms with Gasteiger partial charge in [0.25, 0.3) is 5.91 Å². The molecular formula is C16H23FN2O5S. The van der Waals surface area contributed by atoms with E-state index in [1.54, 1.807) is 0 Å². The van der Waals surface area contributed by atoms with Crippen LogP contribution in [0.4, 0.5) is 4.39 Å². The van der Waals surface area contributed by atoms with Crippen LogP contribution in [-0.4, -0.2) is 51.3 Å². The number of halogens is 1. The van der Waals surface area contributed by atoms with Crippen LogP contribution < -0.4 is 5.32 Å². The van der Waals surface area contributed by atoms with Crippen LogP contribution in [-0.2, 0) is 24.3 Å². The van der Waals surface area contributed by atoms with E-state index in [9.17, 15) is 22.4 Å². The Morgan fingerprint density at radius 2 is 1.84 bits per heavy atom. The molecule has 0 spiro atoms. The quantitative estimate of drug-likeness (QED) is 0.492. The Bertz CT molecular complexity index is 676. The van der Waals surface area contributed by atoms with E-state index in [0.717, 1.165) is 47.8 Å². The van der Waals surface area contributed by atoms with Crippen molar-refractivity contribution in [2.75, 3.05) is 26.7 Å². The van der Waals surface area contributed by atoms with Crippen LogP contribution in [0.1, 0.15) is 26.2 Å². The molecule has 0 saturated carbocycles. The number of likely N-dealkylation sites (N-methyl/N-ethyl adjacent to an activating group) is 1. The highest BCUT2D eigenvalue weighted by atomic mass is 32.2. The second kappa shape index (κ2) is 10.1. The van der Waals surface area contributed by atoms with Crippen molar-refractivity contribution in [3.63, 3.8) is 0 Å². The lowest BCUT2D eigenvalue weighted by atomic mass is 10.2. The molecule has 0 aliphatic heterocycles. The van der Waals surface area contributed by atoms with Crippen molar-refractivity contribution in [3.05, 3.63) is 30.1 Å². The fraction of sp³-hybridized carbons (Fsp3) is 0.500. The molecule has 0 aromatic heterocycles. The second-order valence-electron chi connectivity index (χ2n) is 5.43. The number of amides is 1. The Kier molecular flexibility index (Phi) is 8.50. The number of carbonyl (C=O) groups is 2. The number of nitrogens with one attached hydrogen (secondary N) is 1. The molecule has 0 aliphatic rings. The highest BCUT2D eigenvalue weighted by Crippen LogP contribution is 2.14. The fourth-order valence-electron chi connectivity index (χ4n) is 1.90. The molecule has 140 valence electrons. The Hall–Kier alpha value is -2.00. The van der Waals surface area contributed by atoms with Crippen LogP contribution >= 0.6 is 0 Å². The minimum absolute atomic E-state index is 0.141. The molecule has 9 heteroatoms. The fourth-order valence-corrected chi connectivity index (χ4v) is 3.01. The Morgan fingerprint density at radius 3 is 2.44 bits per heavy atom. The van der Waals surface area contributed by atoms with E-state index in [1.165, 1.54) is 7.05 Å². The molecule has 0 aliphatic carbocycles. The molecule has 1 aromatic rings. The van der Waals surface area contributed by atoms with Crippen LogP contribution in [0.25, 0.3) is 0 Å². The summed E-state index contributed by atoms with van der Waals surface area (Å²) in [5.74, 6) is -1.85. The smallest absolute Gasteiger partial charge is 0.321 e. The summed E-state index contributed by atoms with van der Waals surface area (Å²) >= 11 is 0. The maximum absolute atomic E-state index is 12.9. The first-order valence-electron chi connectivity index (χ1n) is 7.91.